The molecule has 0 spiro atoms. The quantitative estimate of drug-likeness (QED) is 0.519. The molecule has 2 rings (SSSR count). The topological polar surface area (TPSA) is 55.0 Å². The third-order valence-electron chi connectivity index (χ3n) is 1.92. The number of fused-ring (bicyclic) bond motifs is 1. The molecule has 2 aromatic rings. The highest BCUT2D eigenvalue weighted by Crippen LogP contribution is 2.25. The number of carbonyl (C=O) groups excluding carboxylic acids is 1. The number of rotatable bonds is 2. The van der Waals surface area contributed by atoms with Gasteiger partial charge in [0.15, 0.2) is 0 Å². The van der Waals surface area contributed by atoms with Crippen molar-refractivity contribution in [2.75, 3.05) is 0 Å². The summed E-state index contributed by atoms with van der Waals surface area (Å²) in [6.07, 6.45) is 0. The number of H-pyrrole nitrogens is 1. The molecule has 0 aliphatic carbocycles. The number of nitrogens with one attached hydrogen (secondary N) is 1. The van der Waals surface area contributed by atoms with Crippen molar-refractivity contribution < 1.29 is 8.98 Å². The fraction of sp³-hybridized carbons (Fsp3) is 0.111. The van der Waals surface area contributed by atoms with E-state index in [0.717, 1.165) is 33.5 Å². The van der Waals surface area contributed by atoms with Crippen LogP contribution in [-0.2, 0) is 4.18 Å². The number of aryl methyl sites for hydroxylation is 1. The van der Waals surface area contributed by atoms with E-state index in [4.69, 9.17) is 4.18 Å². The number of aromatic nitrogens is 2. The molecule has 0 unspecified atom stereocenters. The molecule has 0 bridgehead atoms. The summed E-state index contributed by atoms with van der Waals surface area (Å²) in [4.78, 5) is 11.5. The van der Waals surface area contributed by atoms with Crippen LogP contribution in [0.4, 0.5) is 4.79 Å². The molecule has 1 aromatic carbocycles. The lowest BCUT2D eigenvalue weighted by atomic mass is 10.2. The minimum absolute atomic E-state index is 0.332. The molecular formula is C9H7IN2O2S. The van der Waals surface area contributed by atoms with Crippen molar-refractivity contribution in [1.29, 1.82) is 0 Å². The molecule has 1 N–H and O–H groups in total. The number of hydrogen-bond acceptors (Lipinski definition) is 4. The van der Waals surface area contributed by atoms with E-state index in [-0.39, 0.29) is 3.98 Å². The Hall–Kier alpha value is -0.760. The van der Waals surface area contributed by atoms with E-state index >= 15 is 0 Å². The van der Waals surface area contributed by atoms with Gasteiger partial charge >= 0.3 is 3.98 Å². The lowest BCUT2D eigenvalue weighted by molar-refractivity contribution is 0.237. The van der Waals surface area contributed by atoms with Gasteiger partial charge in [-0.3, -0.25) is 5.10 Å². The molecule has 0 aliphatic rings. The van der Waals surface area contributed by atoms with Crippen LogP contribution in [0.25, 0.3) is 10.9 Å². The first kappa shape index (κ1) is 10.7. The Labute approximate surface area is 104 Å². The highest BCUT2D eigenvalue weighted by atomic mass is 127. The molecule has 0 fully saturated rings. The van der Waals surface area contributed by atoms with Gasteiger partial charge < -0.3 is 4.18 Å². The van der Waals surface area contributed by atoms with Crippen molar-refractivity contribution in [2.45, 2.75) is 11.8 Å². The van der Waals surface area contributed by atoms with E-state index in [9.17, 15) is 4.79 Å². The molecule has 0 amide bonds. The highest BCUT2D eigenvalue weighted by Gasteiger charge is 2.04. The summed E-state index contributed by atoms with van der Waals surface area (Å²) in [5.41, 5.74) is 1.92. The highest BCUT2D eigenvalue weighted by molar-refractivity contribution is 14.1. The molecule has 0 aliphatic heterocycles. The summed E-state index contributed by atoms with van der Waals surface area (Å²) in [6.45, 7) is 1.95. The number of nitrogens with zero attached hydrogens (tertiary/aromatic N) is 1. The van der Waals surface area contributed by atoms with E-state index in [1.165, 1.54) is 0 Å². The van der Waals surface area contributed by atoms with Gasteiger partial charge in [-0.1, -0.05) is 0 Å². The van der Waals surface area contributed by atoms with Crippen LogP contribution in [-0.4, -0.2) is 14.2 Å². The third kappa shape index (κ3) is 2.43. The smallest absolute Gasteiger partial charge is 0.378 e. The fourth-order valence-electron chi connectivity index (χ4n) is 1.25. The van der Waals surface area contributed by atoms with E-state index in [1.807, 2.05) is 25.1 Å². The predicted octanol–water partition coefficient (Wildman–Crippen LogP) is 3.45. The summed E-state index contributed by atoms with van der Waals surface area (Å²) in [6, 6.07) is 5.70. The minimum atomic E-state index is -0.332. The summed E-state index contributed by atoms with van der Waals surface area (Å²) in [5, 5.41) is 8.06. The Bertz CT molecular complexity index is 512. The zero-order valence-electron chi connectivity index (χ0n) is 7.78. The summed E-state index contributed by atoms with van der Waals surface area (Å²) in [5.74, 6) is 0. The average molecular weight is 334 g/mol. The van der Waals surface area contributed by atoms with Crippen LogP contribution in [0.15, 0.2) is 23.1 Å². The van der Waals surface area contributed by atoms with Gasteiger partial charge in [-0.05, 0) is 25.1 Å². The minimum Gasteiger partial charge on any atom is -0.378 e. The standard InChI is InChI=1S/C9H7IN2O2S/c1-5-7-4-6(15-14-9(10)13)2-3-8(7)12-11-5/h2-4H,1H3,(H,11,12). The number of benzene rings is 1. The maximum Gasteiger partial charge on any atom is 0.379 e. The Morgan fingerprint density at radius 3 is 3.13 bits per heavy atom. The van der Waals surface area contributed by atoms with Crippen molar-refractivity contribution >= 4 is 49.5 Å². The van der Waals surface area contributed by atoms with Crippen molar-refractivity contribution in [3.8, 4) is 0 Å². The van der Waals surface area contributed by atoms with Crippen LogP contribution in [0.5, 0.6) is 0 Å². The zero-order valence-corrected chi connectivity index (χ0v) is 10.8. The molecule has 0 radical (unpaired) electrons. The lowest BCUT2D eigenvalue weighted by Gasteiger charge is -1.98. The van der Waals surface area contributed by atoms with Gasteiger partial charge in [-0.25, -0.2) is 4.79 Å². The van der Waals surface area contributed by atoms with E-state index < -0.39 is 0 Å². The Kier molecular flexibility index (Phi) is 3.15. The summed E-state index contributed by atoms with van der Waals surface area (Å²) in [7, 11) is 0. The van der Waals surface area contributed by atoms with Crippen molar-refractivity contribution in [2.24, 2.45) is 0 Å². The summed E-state index contributed by atoms with van der Waals surface area (Å²) >= 11 is 2.65. The number of carbonyl (C=O) groups is 1. The first-order valence-corrected chi connectivity index (χ1v) is 5.97. The maximum absolute atomic E-state index is 10.6. The number of halogens is 1. The van der Waals surface area contributed by atoms with Crippen LogP contribution in [0.2, 0.25) is 0 Å². The van der Waals surface area contributed by atoms with Crippen LogP contribution >= 0.6 is 34.6 Å². The second kappa shape index (κ2) is 4.40. The number of hydrogen-bond donors (Lipinski definition) is 1. The molecule has 78 valence electrons. The van der Waals surface area contributed by atoms with Crippen LogP contribution < -0.4 is 0 Å². The third-order valence-corrected chi connectivity index (χ3v) is 3.12. The molecule has 0 saturated carbocycles. The van der Waals surface area contributed by atoms with Crippen molar-refractivity contribution in [3.05, 3.63) is 23.9 Å². The lowest BCUT2D eigenvalue weighted by Crippen LogP contribution is -1.81. The van der Waals surface area contributed by atoms with Gasteiger partial charge in [0, 0.05) is 16.0 Å². The second-order valence-corrected chi connectivity index (χ2v) is 4.62. The van der Waals surface area contributed by atoms with Crippen LogP contribution in [0.3, 0.4) is 0 Å². The average Bonchev–Trinajstić information content (AvgIpc) is 2.57. The van der Waals surface area contributed by atoms with Gasteiger partial charge in [0.05, 0.1) is 40.2 Å². The SMILES string of the molecule is Cc1[nH]nc2ccc(SOC(=O)I)cc12. The molecule has 1 heterocycles. The van der Waals surface area contributed by atoms with Gasteiger partial charge in [0.25, 0.3) is 0 Å². The largest absolute Gasteiger partial charge is 0.379 e. The molecule has 1 aromatic heterocycles. The first-order chi connectivity index (χ1) is 7.16. The van der Waals surface area contributed by atoms with E-state index in [2.05, 4.69) is 10.2 Å². The monoisotopic (exact) mass is 334 g/mol. The molecule has 6 heteroatoms. The molecule has 4 nitrogen and oxygen atoms in total. The predicted molar refractivity (Wildman–Crippen MR) is 67.2 cm³/mol. The maximum atomic E-state index is 10.6. The van der Waals surface area contributed by atoms with E-state index in [1.54, 1.807) is 22.6 Å². The molecular weight excluding hydrogens is 327 g/mol. The van der Waals surface area contributed by atoms with E-state index in [0.29, 0.717) is 0 Å². The van der Waals surface area contributed by atoms with Gasteiger partial charge in [0.2, 0.25) is 0 Å². The number of aromatic amines is 1. The first-order valence-electron chi connectivity index (χ1n) is 4.15. The molecule has 0 saturated heterocycles. The molecule has 15 heavy (non-hydrogen) atoms. The van der Waals surface area contributed by atoms with Crippen molar-refractivity contribution in [3.63, 3.8) is 0 Å². The van der Waals surface area contributed by atoms with Crippen LogP contribution in [0.1, 0.15) is 5.69 Å². The normalized spacial score (nSPS) is 10.5. The Balaban J connectivity index is 2.29. The van der Waals surface area contributed by atoms with Gasteiger partial charge in [-0.15, -0.1) is 0 Å². The zero-order chi connectivity index (χ0) is 10.8. The fourth-order valence-corrected chi connectivity index (χ4v) is 1.97. The summed E-state index contributed by atoms with van der Waals surface area (Å²) < 4.78 is 4.50. The second-order valence-electron chi connectivity index (χ2n) is 2.93. The Morgan fingerprint density at radius 2 is 2.40 bits per heavy atom. The van der Waals surface area contributed by atoms with Gasteiger partial charge in [0.1, 0.15) is 0 Å². The Morgan fingerprint density at radius 1 is 1.60 bits per heavy atom. The molecule has 0 atom stereocenters. The van der Waals surface area contributed by atoms with Crippen LogP contribution in [0, 0.1) is 6.92 Å². The van der Waals surface area contributed by atoms with Crippen molar-refractivity contribution in [1.82, 2.24) is 10.2 Å². The van der Waals surface area contributed by atoms with Gasteiger partial charge in [-0.2, -0.15) is 5.10 Å².